The Labute approximate surface area is 137 Å². The zero-order chi connectivity index (χ0) is 16.4. The largest absolute Gasteiger partial charge is 0.497 e. The molecule has 23 heavy (non-hydrogen) atoms. The predicted octanol–water partition coefficient (Wildman–Crippen LogP) is 3.62. The highest BCUT2D eigenvalue weighted by Gasteiger charge is 2.30. The molecule has 0 radical (unpaired) electrons. The molecule has 120 valence electrons. The molecule has 2 aliphatic carbocycles. The van der Waals surface area contributed by atoms with Gasteiger partial charge in [-0.15, -0.1) is 0 Å². The lowest BCUT2D eigenvalue weighted by Gasteiger charge is -2.31. The molecular weight excluding hydrogens is 286 g/mol. The van der Waals surface area contributed by atoms with Gasteiger partial charge in [0, 0.05) is 19.7 Å². The van der Waals surface area contributed by atoms with E-state index in [1.165, 1.54) is 16.7 Å². The van der Waals surface area contributed by atoms with Gasteiger partial charge in [-0.05, 0) is 72.4 Å². The molecule has 3 rings (SSSR count). The summed E-state index contributed by atoms with van der Waals surface area (Å²) in [6.45, 7) is 0. The summed E-state index contributed by atoms with van der Waals surface area (Å²) in [4.78, 5) is 14.4. The molecule has 0 heterocycles. The Morgan fingerprint density at radius 1 is 1.30 bits per heavy atom. The van der Waals surface area contributed by atoms with E-state index in [0.29, 0.717) is 5.92 Å². The molecule has 0 spiro atoms. The van der Waals surface area contributed by atoms with Crippen LogP contribution in [0.1, 0.15) is 24.0 Å². The summed E-state index contributed by atoms with van der Waals surface area (Å²) in [5.74, 6) is 1.48. The molecule has 0 aromatic heterocycles. The lowest BCUT2D eigenvalue weighted by molar-refractivity contribution is -0.111. The van der Waals surface area contributed by atoms with E-state index in [1.807, 2.05) is 49.5 Å². The van der Waals surface area contributed by atoms with E-state index in [-0.39, 0.29) is 5.78 Å². The Hall–Kier alpha value is -2.29. The maximum absolute atomic E-state index is 12.4. The second-order valence-corrected chi connectivity index (χ2v) is 6.42. The van der Waals surface area contributed by atoms with Gasteiger partial charge < -0.3 is 9.64 Å². The lowest BCUT2D eigenvalue weighted by Crippen LogP contribution is -2.21. The van der Waals surface area contributed by atoms with Crippen LogP contribution in [0.15, 0.2) is 48.2 Å². The first kappa shape index (κ1) is 15.6. The van der Waals surface area contributed by atoms with Gasteiger partial charge in [0.2, 0.25) is 0 Å². The number of ketones is 1. The Morgan fingerprint density at radius 3 is 2.87 bits per heavy atom. The van der Waals surface area contributed by atoms with Crippen LogP contribution in [-0.2, 0) is 11.2 Å². The topological polar surface area (TPSA) is 29.5 Å². The molecule has 1 atom stereocenters. The van der Waals surface area contributed by atoms with Crippen molar-refractivity contribution in [2.24, 2.45) is 5.92 Å². The van der Waals surface area contributed by atoms with Crippen LogP contribution < -0.4 is 4.74 Å². The molecule has 0 bridgehead atoms. The normalized spacial score (nSPS) is 21.9. The van der Waals surface area contributed by atoms with E-state index in [0.717, 1.165) is 30.6 Å². The Balaban J connectivity index is 1.91. The van der Waals surface area contributed by atoms with Gasteiger partial charge in [0.05, 0.1) is 7.11 Å². The van der Waals surface area contributed by atoms with Crippen molar-refractivity contribution in [3.63, 3.8) is 0 Å². The second-order valence-electron chi connectivity index (χ2n) is 6.42. The van der Waals surface area contributed by atoms with Gasteiger partial charge in [0.1, 0.15) is 5.75 Å². The molecule has 0 aliphatic heterocycles. The third kappa shape index (κ3) is 3.24. The number of fused-ring (bicyclic) bond motifs is 3. The van der Waals surface area contributed by atoms with Crippen LogP contribution in [0.25, 0.3) is 5.57 Å². The fourth-order valence-corrected chi connectivity index (χ4v) is 3.38. The molecule has 0 amide bonds. The predicted molar refractivity (Wildman–Crippen MR) is 93.3 cm³/mol. The van der Waals surface area contributed by atoms with Crippen LogP contribution in [0, 0.1) is 5.92 Å². The quantitative estimate of drug-likeness (QED) is 0.799. The summed E-state index contributed by atoms with van der Waals surface area (Å²) >= 11 is 0. The maximum Gasteiger partial charge on any atom is 0.182 e. The number of ether oxygens (including phenoxy) is 1. The molecule has 3 nitrogen and oxygen atoms in total. The Kier molecular flexibility index (Phi) is 4.37. The number of benzene rings is 1. The molecule has 0 saturated heterocycles. The zero-order valence-corrected chi connectivity index (χ0v) is 14.0. The highest BCUT2D eigenvalue weighted by atomic mass is 16.5. The molecule has 1 aromatic rings. The van der Waals surface area contributed by atoms with Crippen molar-refractivity contribution in [1.29, 1.82) is 0 Å². The Morgan fingerprint density at radius 2 is 2.13 bits per heavy atom. The number of carbonyl (C=O) groups excluding carboxylic acids is 1. The summed E-state index contributed by atoms with van der Waals surface area (Å²) in [5.41, 5.74) is 4.62. The fraction of sp³-hybridized carbons (Fsp3) is 0.350. The van der Waals surface area contributed by atoms with Crippen molar-refractivity contribution in [3.05, 3.63) is 59.3 Å². The highest BCUT2D eigenvalue weighted by molar-refractivity contribution is 6.10. The molecule has 3 heteroatoms. The molecule has 0 N–H and O–H groups in total. The van der Waals surface area contributed by atoms with Gasteiger partial charge in [-0.25, -0.2) is 0 Å². The molecule has 0 saturated carbocycles. The summed E-state index contributed by atoms with van der Waals surface area (Å²) < 4.78 is 5.31. The highest BCUT2D eigenvalue weighted by Crippen LogP contribution is 2.42. The second kappa shape index (κ2) is 6.45. The van der Waals surface area contributed by atoms with Crippen LogP contribution in [0.5, 0.6) is 5.75 Å². The van der Waals surface area contributed by atoms with Crippen LogP contribution in [-0.4, -0.2) is 31.9 Å². The van der Waals surface area contributed by atoms with Crippen LogP contribution in [0.4, 0.5) is 0 Å². The first-order valence-electron chi connectivity index (χ1n) is 8.05. The number of methoxy groups -OCH3 is 1. The SMILES string of the molecule is COc1ccc2c(c1)CCC1C/C(=C/C=C/N(C)C)C(=O)C=C21. The number of nitrogens with zero attached hydrogens (tertiary/aromatic N) is 1. The minimum Gasteiger partial charge on any atom is -0.497 e. The van der Waals surface area contributed by atoms with Gasteiger partial charge in [-0.3, -0.25) is 4.79 Å². The van der Waals surface area contributed by atoms with Crippen molar-refractivity contribution in [3.8, 4) is 5.75 Å². The van der Waals surface area contributed by atoms with Crippen molar-refractivity contribution < 1.29 is 9.53 Å². The van der Waals surface area contributed by atoms with E-state index in [9.17, 15) is 4.79 Å². The van der Waals surface area contributed by atoms with Crippen LogP contribution >= 0.6 is 0 Å². The average Bonchev–Trinajstić information content (AvgIpc) is 2.54. The molecule has 2 aliphatic rings. The van der Waals surface area contributed by atoms with E-state index in [2.05, 4.69) is 12.1 Å². The monoisotopic (exact) mass is 309 g/mol. The van der Waals surface area contributed by atoms with Gasteiger partial charge in [0.25, 0.3) is 0 Å². The zero-order valence-electron chi connectivity index (χ0n) is 14.0. The van der Waals surface area contributed by atoms with Crippen molar-refractivity contribution in [2.75, 3.05) is 21.2 Å². The first-order chi connectivity index (χ1) is 11.1. The summed E-state index contributed by atoms with van der Waals surface area (Å²) in [5, 5.41) is 0. The maximum atomic E-state index is 12.4. The van der Waals surface area contributed by atoms with E-state index < -0.39 is 0 Å². The van der Waals surface area contributed by atoms with Crippen LogP contribution in [0.3, 0.4) is 0 Å². The third-order valence-corrected chi connectivity index (χ3v) is 4.58. The van der Waals surface area contributed by atoms with Crippen molar-refractivity contribution in [1.82, 2.24) is 4.90 Å². The van der Waals surface area contributed by atoms with E-state index in [1.54, 1.807) is 7.11 Å². The van der Waals surface area contributed by atoms with Crippen molar-refractivity contribution in [2.45, 2.75) is 19.3 Å². The Bertz CT molecular complexity index is 710. The standard InChI is InChI=1S/C20H23NO2/c1-21(2)10-4-5-16-11-14-6-7-15-12-17(23-3)8-9-18(15)19(14)13-20(16)22/h4-5,8-10,12-14H,6-7,11H2,1-3H3/b10-4+,16-5-. The third-order valence-electron chi connectivity index (χ3n) is 4.58. The number of hydrogen-bond donors (Lipinski definition) is 0. The number of allylic oxidation sites excluding steroid dienone is 5. The molecule has 0 fully saturated rings. The molecule has 1 aromatic carbocycles. The molecular formula is C20H23NO2. The number of aryl methyl sites for hydroxylation is 1. The lowest BCUT2D eigenvalue weighted by atomic mass is 9.72. The number of hydrogen-bond acceptors (Lipinski definition) is 3. The first-order valence-corrected chi connectivity index (χ1v) is 8.05. The van der Waals surface area contributed by atoms with Gasteiger partial charge in [-0.1, -0.05) is 12.1 Å². The molecule has 1 unspecified atom stereocenters. The minimum absolute atomic E-state index is 0.142. The van der Waals surface area contributed by atoms with Crippen molar-refractivity contribution >= 4 is 11.4 Å². The van der Waals surface area contributed by atoms with Gasteiger partial charge in [0.15, 0.2) is 5.78 Å². The summed E-state index contributed by atoms with van der Waals surface area (Å²) in [7, 11) is 5.64. The smallest absolute Gasteiger partial charge is 0.182 e. The van der Waals surface area contributed by atoms with E-state index in [4.69, 9.17) is 4.74 Å². The average molecular weight is 309 g/mol. The van der Waals surface area contributed by atoms with Crippen LogP contribution in [0.2, 0.25) is 0 Å². The fourth-order valence-electron chi connectivity index (χ4n) is 3.38. The summed E-state index contributed by atoms with van der Waals surface area (Å²) in [6, 6.07) is 6.18. The number of rotatable bonds is 3. The number of carbonyl (C=O) groups is 1. The van der Waals surface area contributed by atoms with E-state index >= 15 is 0 Å². The van der Waals surface area contributed by atoms with Gasteiger partial charge in [-0.2, -0.15) is 0 Å². The summed E-state index contributed by atoms with van der Waals surface area (Å²) in [6.07, 6.45) is 10.7. The minimum atomic E-state index is 0.142. The van der Waals surface area contributed by atoms with Gasteiger partial charge >= 0.3 is 0 Å².